The van der Waals surface area contributed by atoms with Crippen molar-refractivity contribution in [3.63, 3.8) is 0 Å². The third-order valence-electron chi connectivity index (χ3n) is 10.0. The molecule has 0 spiro atoms. The second-order valence-electron chi connectivity index (χ2n) is 13.8. The van der Waals surface area contributed by atoms with Crippen LogP contribution >= 0.6 is 0 Å². The van der Waals surface area contributed by atoms with E-state index in [1.54, 1.807) is 18.3 Å². The smallest absolute Gasteiger partial charge is 0.256 e. The predicted molar refractivity (Wildman–Crippen MR) is 199 cm³/mol. The summed E-state index contributed by atoms with van der Waals surface area (Å²) < 4.78 is 17.1. The average molecular weight is 717 g/mol. The number of aryl methyl sites for hydroxylation is 2. The van der Waals surface area contributed by atoms with Gasteiger partial charge in [-0.1, -0.05) is 30.4 Å². The third kappa shape index (κ3) is 7.83. The first-order chi connectivity index (χ1) is 25.6. The zero-order valence-corrected chi connectivity index (χ0v) is 29.7. The van der Waals surface area contributed by atoms with E-state index >= 15 is 4.39 Å². The normalized spacial score (nSPS) is 17.5. The van der Waals surface area contributed by atoms with Gasteiger partial charge in [0.25, 0.3) is 11.8 Å². The SMILES string of the molecule is Cc1nn(CCCCCC#Cc2cccc(C(=O)NC3CCC(=O)NC3=O)c2F)c2cc(C(=O)Nc3cc4[nH]c([C@H]5CCCN5C)cc4cn3)ccc12. The molecule has 2 atom stereocenters. The van der Waals surface area contributed by atoms with Gasteiger partial charge in [-0.15, -0.1) is 0 Å². The Labute approximate surface area is 305 Å². The molecule has 272 valence electrons. The van der Waals surface area contributed by atoms with E-state index in [4.69, 9.17) is 5.10 Å². The van der Waals surface area contributed by atoms with Gasteiger partial charge in [0.05, 0.1) is 27.9 Å². The molecule has 0 bridgehead atoms. The molecule has 2 saturated heterocycles. The van der Waals surface area contributed by atoms with Crippen LogP contribution in [-0.4, -0.2) is 67.9 Å². The molecule has 2 fully saturated rings. The largest absolute Gasteiger partial charge is 0.357 e. The van der Waals surface area contributed by atoms with Crippen LogP contribution in [0.5, 0.6) is 0 Å². The molecule has 0 aliphatic carbocycles. The van der Waals surface area contributed by atoms with Gasteiger partial charge in [-0.25, -0.2) is 9.37 Å². The van der Waals surface area contributed by atoms with E-state index in [1.807, 2.05) is 29.8 Å². The van der Waals surface area contributed by atoms with E-state index in [2.05, 4.69) is 55.8 Å². The van der Waals surface area contributed by atoms with Gasteiger partial charge in [0.15, 0.2) is 5.82 Å². The van der Waals surface area contributed by atoms with Gasteiger partial charge in [0, 0.05) is 59.7 Å². The number of unbranched alkanes of at least 4 members (excludes halogenated alkanes) is 3. The standard InChI is InChI=1S/C40H41FN8O4/c1-24-28-15-14-26(38(51)45-35-22-31-27(23-42-35)20-32(43-31)33-13-9-18-48(33)2)21-34(28)49(47-24)19-7-5-3-4-6-10-25-11-8-12-29(37(25)41)39(52)44-30-16-17-36(50)46-40(30)53/h8,11-12,14-15,20-23,30,33,43H,3-5,7,9,13,16-19H2,1-2H3,(H,44,52)(H,42,45,51)(H,46,50,53)/t30?,33-/m1/s1. The molecule has 1 unspecified atom stereocenters. The van der Waals surface area contributed by atoms with Crippen LogP contribution < -0.4 is 16.0 Å². The number of amides is 4. The summed E-state index contributed by atoms with van der Waals surface area (Å²) >= 11 is 0. The fraction of sp³-hybridized carbons (Fsp3) is 0.350. The molecule has 4 N–H and O–H groups in total. The first-order valence-electron chi connectivity index (χ1n) is 18.0. The van der Waals surface area contributed by atoms with Crippen LogP contribution in [0, 0.1) is 24.6 Å². The number of rotatable bonds is 10. The van der Waals surface area contributed by atoms with Crippen molar-refractivity contribution in [1.29, 1.82) is 0 Å². The van der Waals surface area contributed by atoms with Crippen LogP contribution in [0.3, 0.4) is 0 Å². The molecule has 12 nitrogen and oxygen atoms in total. The Balaban J connectivity index is 0.920. The van der Waals surface area contributed by atoms with Crippen molar-refractivity contribution < 1.29 is 23.6 Å². The topological polar surface area (TPSA) is 154 Å². The molecule has 2 aliphatic heterocycles. The molecular weight excluding hydrogens is 675 g/mol. The number of carbonyl (C=O) groups is 4. The second kappa shape index (κ2) is 15.4. The molecule has 3 aromatic heterocycles. The molecule has 0 radical (unpaired) electrons. The zero-order chi connectivity index (χ0) is 37.1. The molecule has 7 rings (SSSR count). The lowest BCUT2D eigenvalue weighted by Gasteiger charge is -2.21. The maximum absolute atomic E-state index is 15.1. The predicted octanol–water partition coefficient (Wildman–Crippen LogP) is 5.53. The average Bonchev–Trinajstić information content (AvgIpc) is 3.85. The number of fused-ring (bicyclic) bond motifs is 2. The summed E-state index contributed by atoms with van der Waals surface area (Å²) in [7, 11) is 2.14. The number of imide groups is 1. The maximum Gasteiger partial charge on any atom is 0.256 e. The van der Waals surface area contributed by atoms with E-state index < -0.39 is 29.6 Å². The van der Waals surface area contributed by atoms with Crippen LogP contribution in [0.2, 0.25) is 0 Å². The fourth-order valence-corrected chi connectivity index (χ4v) is 7.12. The van der Waals surface area contributed by atoms with Crippen molar-refractivity contribution in [2.24, 2.45) is 0 Å². The summed E-state index contributed by atoms with van der Waals surface area (Å²) in [5, 5.41) is 14.3. The Kier molecular flexibility index (Phi) is 10.3. The number of nitrogens with zero attached hydrogens (tertiary/aromatic N) is 4. The summed E-state index contributed by atoms with van der Waals surface area (Å²) in [5.41, 5.74) is 4.28. The summed E-state index contributed by atoms with van der Waals surface area (Å²) in [6.45, 7) is 3.69. The Morgan fingerprint density at radius 2 is 1.92 bits per heavy atom. The third-order valence-corrected chi connectivity index (χ3v) is 10.0. The van der Waals surface area contributed by atoms with Crippen LogP contribution in [0.25, 0.3) is 21.8 Å². The van der Waals surface area contributed by atoms with E-state index in [-0.39, 0.29) is 29.9 Å². The lowest BCUT2D eigenvalue weighted by atomic mass is 10.0. The Hall–Kier alpha value is -5.87. The number of anilines is 1. The molecule has 13 heteroatoms. The Morgan fingerprint density at radius 3 is 2.74 bits per heavy atom. The molecule has 5 heterocycles. The van der Waals surface area contributed by atoms with Crippen molar-refractivity contribution >= 4 is 51.3 Å². The van der Waals surface area contributed by atoms with Gasteiger partial charge in [-0.05, 0) is 83.0 Å². The first kappa shape index (κ1) is 35.5. The number of carbonyl (C=O) groups excluding carboxylic acids is 4. The van der Waals surface area contributed by atoms with Gasteiger partial charge < -0.3 is 15.6 Å². The summed E-state index contributed by atoms with van der Waals surface area (Å²) in [6.07, 6.45) is 7.37. The number of hydrogen-bond donors (Lipinski definition) is 4. The lowest BCUT2D eigenvalue weighted by Crippen LogP contribution is -2.52. The molecular formula is C40H41FN8O4. The quantitative estimate of drug-likeness (QED) is 0.0843. The highest BCUT2D eigenvalue weighted by atomic mass is 19.1. The molecule has 53 heavy (non-hydrogen) atoms. The highest BCUT2D eigenvalue weighted by Gasteiger charge is 2.29. The minimum atomic E-state index is -0.897. The lowest BCUT2D eigenvalue weighted by molar-refractivity contribution is -0.134. The van der Waals surface area contributed by atoms with Crippen molar-refractivity contribution in [1.82, 2.24) is 35.3 Å². The number of aromatic amines is 1. The first-order valence-corrected chi connectivity index (χ1v) is 18.0. The van der Waals surface area contributed by atoms with Gasteiger partial charge in [-0.3, -0.25) is 34.1 Å². The Bertz CT molecular complexity index is 2300. The monoisotopic (exact) mass is 716 g/mol. The molecule has 2 aromatic carbocycles. The number of piperidine rings is 1. The molecule has 4 amide bonds. The maximum atomic E-state index is 15.1. The molecule has 2 aliphatic rings. The van der Waals surface area contributed by atoms with Crippen molar-refractivity contribution in [2.45, 2.75) is 76.9 Å². The van der Waals surface area contributed by atoms with Crippen molar-refractivity contribution in [3.05, 3.63) is 88.6 Å². The van der Waals surface area contributed by atoms with Crippen molar-refractivity contribution in [3.8, 4) is 11.8 Å². The Morgan fingerprint density at radius 1 is 1.06 bits per heavy atom. The number of pyridine rings is 1. The van der Waals surface area contributed by atoms with E-state index in [9.17, 15) is 19.2 Å². The summed E-state index contributed by atoms with van der Waals surface area (Å²) in [6, 6.07) is 13.5. The summed E-state index contributed by atoms with van der Waals surface area (Å²) in [4.78, 5) is 59.7. The van der Waals surface area contributed by atoms with Gasteiger partial charge in [0.2, 0.25) is 11.8 Å². The minimum Gasteiger partial charge on any atom is -0.357 e. The number of likely N-dealkylation sites (tertiary alicyclic amines) is 1. The highest BCUT2D eigenvalue weighted by Crippen LogP contribution is 2.32. The van der Waals surface area contributed by atoms with Gasteiger partial charge in [0.1, 0.15) is 11.9 Å². The molecule has 5 aromatic rings. The number of nitrogens with one attached hydrogen (secondary N) is 4. The number of H-pyrrole nitrogens is 1. The fourth-order valence-electron chi connectivity index (χ4n) is 7.12. The molecule has 0 saturated carbocycles. The summed E-state index contributed by atoms with van der Waals surface area (Å²) in [5.74, 6) is 3.57. The van der Waals surface area contributed by atoms with Crippen LogP contribution in [0.15, 0.2) is 54.7 Å². The van der Waals surface area contributed by atoms with E-state index in [0.29, 0.717) is 30.4 Å². The second-order valence-corrected chi connectivity index (χ2v) is 13.8. The highest BCUT2D eigenvalue weighted by molar-refractivity contribution is 6.06. The van der Waals surface area contributed by atoms with Gasteiger partial charge in [-0.2, -0.15) is 5.10 Å². The van der Waals surface area contributed by atoms with E-state index in [1.165, 1.54) is 24.2 Å². The number of benzene rings is 2. The van der Waals surface area contributed by atoms with Crippen LogP contribution in [0.4, 0.5) is 10.2 Å². The number of hydrogen-bond acceptors (Lipinski definition) is 7. The van der Waals surface area contributed by atoms with Crippen molar-refractivity contribution in [2.75, 3.05) is 18.9 Å². The zero-order valence-electron chi connectivity index (χ0n) is 29.7. The van der Waals surface area contributed by atoms with Crippen LogP contribution in [0.1, 0.15) is 95.1 Å². The number of aromatic nitrogens is 4. The van der Waals surface area contributed by atoms with E-state index in [0.717, 1.165) is 59.7 Å². The van der Waals surface area contributed by atoms with Gasteiger partial charge >= 0.3 is 0 Å². The number of halogens is 1. The van der Waals surface area contributed by atoms with Crippen LogP contribution in [-0.2, 0) is 16.1 Å². The minimum absolute atomic E-state index is 0.0985.